The zero-order valence-corrected chi connectivity index (χ0v) is 13.1. The summed E-state index contributed by atoms with van der Waals surface area (Å²) in [6.45, 7) is 5.09. The fourth-order valence-corrected chi connectivity index (χ4v) is 1.86. The summed E-state index contributed by atoms with van der Waals surface area (Å²) in [6, 6.07) is 7.62. The number of anilines is 1. The van der Waals surface area contributed by atoms with Crippen LogP contribution in [0.2, 0.25) is 0 Å². The van der Waals surface area contributed by atoms with E-state index in [1.807, 2.05) is 24.3 Å². The molecule has 1 aromatic carbocycles. The second kappa shape index (κ2) is 8.26. The van der Waals surface area contributed by atoms with E-state index in [4.69, 9.17) is 0 Å². The molecule has 6 nitrogen and oxygen atoms in total. The average Bonchev–Trinajstić information content (AvgIpc) is 2.47. The molecule has 3 amide bonds. The summed E-state index contributed by atoms with van der Waals surface area (Å²) in [7, 11) is 3.12. The van der Waals surface area contributed by atoms with E-state index in [2.05, 4.69) is 29.8 Å². The Morgan fingerprint density at radius 3 is 2.38 bits per heavy atom. The molecule has 0 aliphatic heterocycles. The highest BCUT2D eigenvalue weighted by atomic mass is 16.2. The molecule has 0 aliphatic rings. The van der Waals surface area contributed by atoms with E-state index in [1.165, 1.54) is 11.9 Å². The Bertz CT molecular complexity index is 473. The molecule has 21 heavy (non-hydrogen) atoms. The predicted molar refractivity (Wildman–Crippen MR) is 84.2 cm³/mol. The lowest BCUT2D eigenvalue weighted by molar-refractivity contribution is -0.120. The second-order valence-electron chi connectivity index (χ2n) is 4.86. The van der Waals surface area contributed by atoms with Crippen molar-refractivity contribution in [1.29, 1.82) is 0 Å². The minimum absolute atomic E-state index is 0.0257. The Labute approximate surface area is 125 Å². The first-order chi connectivity index (χ1) is 9.97. The number of nitrogens with zero attached hydrogens (tertiary/aromatic N) is 1. The SMILES string of the molecule is CCNC(C)c1ccc(NC(=O)N(C)CC(=O)NC)cc1. The van der Waals surface area contributed by atoms with Crippen LogP contribution >= 0.6 is 0 Å². The van der Waals surface area contributed by atoms with Crippen LogP contribution in [0.5, 0.6) is 0 Å². The van der Waals surface area contributed by atoms with Crippen LogP contribution in [0.15, 0.2) is 24.3 Å². The standard InChI is InChI=1S/C15H24N4O2/c1-5-17-11(2)12-6-8-13(9-7-12)18-15(21)19(4)10-14(20)16-3/h6-9,11,17H,5,10H2,1-4H3,(H,16,20)(H,18,21). The Morgan fingerprint density at radius 1 is 1.24 bits per heavy atom. The van der Waals surface area contributed by atoms with Crippen LogP contribution in [0.3, 0.4) is 0 Å². The van der Waals surface area contributed by atoms with Gasteiger partial charge in [-0.25, -0.2) is 4.79 Å². The van der Waals surface area contributed by atoms with Gasteiger partial charge in [-0.2, -0.15) is 0 Å². The molecule has 0 bridgehead atoms. The minimum atomic E-state index is -0.314. The summed E-state index contributed by atoms with van der Waals surface area (Å²) in [6.07, 6.45) is 0. The zero-order chi connectivity index (χ0) is 15.8. The van der Waals surface area contributed by atoms with Crippen molar-refractivity contribution < 1.29 is 9.59 Å². The van der Waals surface area contributed by atoms with Crippen LogP contribution in [0.4, 0.5) is 10.5 Å². The number of hydrogen-bond acceptors (Lipinski definition) is 3. The van der Waals surface area contributed by atoms with Gasteiger partial charge >= 0.3 is 6.03 Å². The van der Waals surface area contributed by atoms with E-state index < -0.39 is 0 Å². The lowest BCUT2D eigenvalue weighted by atomic mass is 10.1. The Kier molecular flexibility index (Phi) is 6.68. The number of carbonyl (C=O) groups is 2. The quantitative estimate of drug-likeness (QED) is 0.745. The van der Waals surface area contributed by atoms with Gasteiger partial charge in [-0.3, -0.25) is 4.79 Å². The lowest BCUT2D eigenvalue weighted by Crippen LogP contribution is -2.39. The molecule has 0 saturated carbocycles. The van der Waals surface area contributed by atoms with Gasteiger partial charge in [-0.1, -0.05) is 19.1 Å². The maximum Gasteiger partial charge on any atom is 0.322 e. The van der Waals surface area contributed by atoms with E-state index >= 15 is 0 Å². The molecule has 0 aliphatic carbocycles. The highest BCUT2D eigenvalue weighted by molar-refractivity contribution is 5.92. The number of rotatable bonds is 6. The molecule has 116 valence electrons. The van der Waals surface area contributed by atoms with Crippen LogP contribution in [0.25, 0.3) is 0 Å². The van der Waals surface area contributed by atoms with Gasteiger partial charge in [0.25, 0.3) is 0 Å². The van der Waals surface area contributed by atoms with Gasteiger partial charge in [0.2, 0.25) is 5.91 Å². The van der Waals surface area contributed by atoms with E-state index in [1.54, 1.807) is 7.05 Å². The first-order valence-electron chi connectivity index (χ1n) is 7.04. The maximum absolute atomic E-state index is 11.9. The van der Waals surface area contributed by atoms with E-state index in [0.717, 1.165) is 12.1 Å². The second-order valence-corrected chi connectivity index (χ2v) is 4.86. The highest BCUT2D eigenvalue weighted by Crippen LogP contribution is 2.16. The first kappa shape index (κ1) is 17.0. The number of urea groups is 1. The van der Waals surface area contributed by atoms with Crippen LogP contribution < -0.4 is 16.0 Å². The molecular formula is C15H24N4O2. The van der Waals surface area contributed by atoms with Crippen molar-refractivity contribution in [2.24, 2.45) is 0 Å². The molecule has 1 unspecified atom stereocenters. The first-order valence-corrected chi connectivity index (χ1v) is 7.04. The highest BCUT2D eigenvalue weighted by Gasteiger charge is 2.12. The molecule has 0 saturated heterocycles. The zero-order valence-electron chi connectivity index (χ0n) is 13.1. The van der Waals surface area contributed by atoms with Gasteiger partial charge in [0.15, 0.2) is 0 Å². The van der Waals surface area contributed by atoms with Crippen molar-refractivity contribution in [3.05, 3.63) is 29.8 Å². The van der Waals surface area contributed by atoms with Crippen LogP contribution in [0, 0.1) is 0 Å². The largest absolute Gasteiger partial charge is 0.358 e. The monoisotopic (exact) mass is 292 g/mol. The van der Waals surface area contributed by atoms with Crippen molar-refractivity contribution in [2.75, 3.05) is 32.5 Å². The average molecular weight is 292 g/mol. The predicted octanol–water partition coefficient (Wildman–Crippen LogP) is 1.57. The topological polar surface area (TPSA) is 73.5 Å². The van der Waals surface area contributed by atoms with Crippen LogP contribution in [-0.4, -0.2) is 44.0 Å². The number of benzene rings is 1. The third-order valence-corrected chi connectivity index (χ3v) is 3.18. The molecule has 0 heterocycles. The molecule has 0 aromatic heterocycles. The summed E-state index contributed by atoms with van der Waals surface area (Å²) in [5.41, 5.74) is 1.87. The molecule has 3 N–H and O–H groups in total. The number of likely N-dealkylation sites (N-methyl/N-ethyl adjacent to an activating group) is 2. The summed E-state index contributed by atoms with van der Waals surface area (Å²) in [5, 5.41) is 8.56. The summed E-state index contributed by atoms with van der Waals surface area (Å²) in [4.78, 5) is 24.5. The summed E-state index contributed by atoms with van der Waals surface area (Å²) < 4.78 is 0. The molecule has 1 aromatic rings. The van der Waals surface area contributed by atoms with Crippen LogP contribution in [-0.2, 0) is 4.79 Å². The van der Waals surface area contributed by atoms with Crippen molar-refractivity contribution in [1.82, 2.24) is 15.5 Å². The Balaban J connectivity index is 2.59. The fourth-order valence-electron chi connectivity index (χ4n) is 1.86. The lowest BCUT2D eigenvalue weighted by Gasteiger charge is -2.17. The molecule has 1 rings (SSSR count). The van der Waals surface area contributed by atoms with Gasteiger partial charge in [0.05, 0.1) is 0 Å². The number of nitrogens with one attached hydrogen (secondary N) is 3. The molecular weight excluding hydrogens is 268 g/mol. The summed E-state index contributed by atoms with van der Waals surface area (Å²) >= 11 is 0. The van der Waals surface area contributed by atoms with Crippen molar-refractivity contribution in [2.45, 2.75) is 19.9 Å². The third-order valence-electron chi connectivity index (χ3n) is 3.18. The Hall–Kier alpha value is -2.08. The van der Waals surface area contributed by atoms with Crippen molar-refractivity contribution in [3.63, 3.8) is 0 Å². The molecule has 0 spiro atoms. The normalized spacial score (nSPS) is 11.6. The third kappa shape index (κ3) is 5.43. The van der Waals surface area contributed by atoms with Crippen molar-refractivity contribution >= 4 is 17.6 Å². The number of hydrogen-bond donors (Lipinski definition) is 3. The molecule has 0 radical (unpaired) electrons. The van der Waals surface area contributed by atoms with Crippen LogP contribution in [0.1, 0.15) is 25.5 Å². The number of amides is 3. The summed E-state index contributed by atoms with van der Waals surface area (Å²) in [5.74, 6) is -0.206. The minimum Gasteiger partial charge on any atom is -0.358 e. The molecule has 0 fully saturated rings. The molecule has 6 heteroatoms. The smallest absolute Gasteiger partial charge is 0.322 e. The number of carbonyl (C=O) groups excluding carboxylic acids is 2. The maximum atomic E-state index is 11.9. The van der Waals surface area contributed by atoms with E-state index in [0.29, 0.717) is 5.69 Å². The van der Waals surface area contributed by atoms with E-state index in [-0.39, 0.29) is 24.5 Å². The van der Waals surface area contributed by atoms with E-state index in [9.17, 15) is 9.59 Å². The van der Waals surface area contributed by atoms with Gasteiger partial charge in [0, 0.05) is 25.8 Å². The fraction of sp³-hybridized carbons (Fsp3) is 0.467. The van der Waals surface area contributed by atoms with Gasteiger partial charge in [-0.15, -0.1) is 0 Å². The van der Waals surface area contributed by atoms with Gasteiger partial charge in [0.1, 0.15) is 6.54 Å². The Morgan fingerprint density at radius 2 is 1.86 bits per heavy atom. The molecule has 1 atom stereocenters. The van der Waals surface area contributed by atoms with Gasteiger partial charge in [-0.05, 0) is 31.2 Å². The van der Waals surface area contributed by atoms with Gasteiger partial charge < -0.3 is 20.9 Å². The van der Waals surface area contributed by atoms with Crippen molar-refractivity contribution in [3.8, 4) is 0 Å².